The third-order valence-electron chi connectivity index (χ3n) is 4.21. The largest absolute Gasteiger partial charge is 0.332 e. The lowest BCUT2D eigenvalue weighted by Gasteiger charge is -2.10. The highest BCUT2D eigenvalue weighted by molar-refractivity contribution is 7.80. The lowest BCUT2D eigenvalue weighted by atomic mass is 10.1. The fourth-order valence-corrected chi connectivity index (χ4v) is 3.62. The molecule has 0 saturated heterocycles. The Morgan fingerprint density at radius 1 is 1.07 bits per heavy atom. The summed E-state index contributed by atoms with van der Waals surface area (Å²) in [4.78, 5) is 28.3. The maximum absolute atomic E-state index is 12.4. The molecule has 0 fully saturated rings. The van der Waals surface area contributed by atoms with Gasteiger partial charge >= 0.3 is 0 Å². The van der Waals surface area contributed by atoms with Crippen LogP contribution in [0.4, 0.5) is 10.8 Å². The van der Waals surface area contributed by atoms with Crippen LogP contribution in [0.5, 0.6) is 0 Å². The van der Waals surface area contributed by atoms with E-state index in [0.717, 1.165) is 27.0 Å². The molecule has 28 heavy (non-hydrogen) atoms. The third-order valence-corrected chi connectivity index (χ3v) is 5.35. The standard InChI is InChI=1S/C20H20N4O2S2/c1-4-17(25)23-20-22-15-8-7-14(10-16(15)28-20)21-19(27)24-18(26)13-6-5-11(2)12(3)9-13/h5-10H,4H2,1-3H3,(H,22,23,25)(H2,21,24,26,27). The highest BCUT2D eigenvalue weighted by atomic mass is 32.1. The topological polar surface area (TPSA) is 83.1 Å². The second-order valence-corrected chi connectivity index (χ2v) is 7.75. The Hall–Kier alpha value is -2.84. The van der Waals surface area contributed by atoms with Crippen LogP contribution in [0.2, 0.25) is 0 Å². The van der Waals surface area contributed by atoms with Crippen LogP contribution in [0.15, 0.2) is 36.4 Å². The first-order valence-electron chi connectivity index (χ1n) is 8.75. The van der Waals surface area contributed by atoms with Gasteiger partial charge in [-0.1, -0.05) is 24.3 Å². The van der Waals surface area contributed by atoms with Crippen molar-refractivity contribution in [1.82, 2.24) is 10.3 Å². The van der Waals surface area contributed by atoms with Crippen LogP contribution < -0.4 is 16.0 Å². The number of carbonyl (C=O) groups excluding carboxylic acids is 2. The van der Waals surface area contributed by atoms with Crippen LogP contribution in [-0.4, -0.2) is 21.9 Å². The number of hydrogen-bond acceptors (Lipinski definition) is 5. The monoisotopic (exact) mass is 412 g/mol. The van der Waals surface area contributed by atoms with Crippen LogP contribution >= 0.6 is 23.6 Å². The van der Waals surface area contributed by atoms with Crippen molar-refractivity contribution < 1.29 is 9.59 Å². The number of hydrogen-bond donors (Lipinski definition) is 3. The van der Waals surface area contributed by atoms with Gasteiger partial charge in [0.2, 0.25) is 5.91 Å². The Balaban J connectivity index is 1.67. The van der Waals surface area contributed by atoms with E-state index in [1.807, 2.05) is 44.2 Å². The van der Waals surface area contributed by atoms with Gasteiger partial charge in [-0.3, -0.25) is 14.9 Å². The van der Waals surface area contributed by atoms with Gasteiger partial charge in [-0.05, 0) is 67.5 Å². The van der Waals surface area contributed by atoms with Crippen LogP contribution in [0.25, 0.3) is 10.2 Å². The number of aryl methyl sites for hydroxylation is 2. The average Bonchev–Trinajstić information content (AvgIpc) is 3.05. The summed E-state index contributed by atoms with van der Waals surface area (Å²) in [7, 11) is 0. The van der Waals surface area contributed by atoms with E-state index in [9.17, 15) is 9.59 Å². The molecular weight excluding hydrogens is 392 g/mol. The van der Waals surface area contributed by atoms with Crippen molar-refractivity contribution in [1.29, 1.82) is 0 Å². The average molecular weight is 413 g/mol. The fourth-order valence-electron chi connectivity index (χ4n) is 2.48. The first-order valence-corrected chi connectivity index (χ1v) is 9.98. The summed E-state index contributed by atoms with van der Waals surface area (Å²) in [5.41, 5.74) is 4.25. The molecule has 0 radical (unpaired) electrons. The first kappa shape index (κ1) is 19.9. The Bertz CT molecular complexity index is 1080. The van der Waals surface area contributed by atoms with Gasteiger partial charge in [-0.2, -0.15) is 0 Å². The summed E-state index contributed by atoms with van der Waals surface area (Å²) in [6, 6.07) is 11.1. The predicted molar refractivity (Wildman–Crippen MR) is 118 cm³/mol. The molecule has 0 aliphatic carbocycles. The Morgan fingerprint density at radius 3 is 2.57 bits per heavy atom. The van der Waals surface area contributed by atoms with Crippen molar-refractivity contribution >= 4 is 61.5 Å². The number of fused-ring (bicyclic) bond motifs is 1. The smallest absolute Gasteiger partial charge is 0.257 e. The maximum atomic E-state index is 12.4. The van der Waals surface area contributed by atoms with Crippen molar-refractivity contribution in [2.45, 2.75) is 27.2 Å². The van der Waals surface area contributed by atoms with Crippen LogP contribution in [-0.2, 0) is 4.79 Å². The normalized spacial score (nSPS) is 10.5. The zero-order chi connectivity index (χ0) is 20.3. The predicted octanol–water partition coefficient (Wildman–Crippen LogP) is 4.39. The number of thiazole rings is 1. The maximum Gasteiger partial charge on any atom is 0.257 e. The quantitative estimate of drug-likeness (QED) is 0.554. The minimum atomic E-state index is -0.260. The highest BCUT2D eigenvalue weighted by Crippen LogP contribution is 2.28. The minimum absolute atomic E-state index is 0.0763. The summed E-state index contributed by atoms with van der Waals surface area (Å²) in [5.74, 6) is -0.336. The summed E-state index contributed by atoms with van der Waals surface area (Å²) >= 11 is 6.64. The summed E-state index contributed by atoms with van der Waals surface area (Å²) < 4.78 is 0.902. The Labute approximate surface area is 172 Å². The van der Waals surface area contributed by atoms with E-state index in [4.69, 9.17) is 12.2 Å². The van der Waals surface area contributed by atoms with Gasteiger partial charge in [0.15, 0.2) is 10.2 Å². The summed E-state index contributed by atoms with van der Waals surface area (Å²) in [6.45, 7) is 5.75. The first-order chi connectivity index (χ1) is 13.4. The zero-order valence-corrected chi connectivity index (χ0v) is 17.4. The van der Waals surface area contributed by atoms with E-state index >= 15 is 0 Å². The van der Waals surface area contributed by atoms with Crippen LogP contribution in [0.3, 0.4) is 0 Å². The molecule has 0 saturated carbocycles. The number of carbonyl (C=O) groups is 2. The number of nitrogens with zero attached hydrogens (tertiary/aromatic N) is 1. The van der Waals surface area contributed by atoms with E-state index in [1.54, 1.807) is 13.0 Å². The molecule has 0 aliphatic heterocycles. The number of rotatable bonds is 4. The minimum Gasteiger partial charge on any atom is -0.332 e. The number of benzene rings is 2. The molecule has 1 aromatic heterocycles. The van der Waals surface area contributed by atoms with Gasteiger partial charge in [0, 0.05) is 17.7 Å². The molecule has 1 heterocycles. The van der Waals surface area contributed by atoms with Gasteiger partial charge in [-0.15, -0.1) is 0 Å². The van der Waals surface area contributed by atoms with Gasteiger partial charge in [0.1, 0.15) is 0 Å². The van der Waals surface area contributed by atoms with Crippen LogP contribution in [0, 0.1) is 13.8 Å². The molecule has 3 aromatic rings. The lowest BCUT2D eigenvalue weighted by Crippen LogP contribution is -2.34. The van der Waals surface area contributed by atoms with E-state index in [-0.39, 0.29) is 16.9 Å². The molecule has 8 heteroatoms. The van der Waals surface area contributed by atoms with Crippen molar-refractivity contribution in [2.75, 3.05) is 10.6 Å². The van der Waals surface area contributed by atoms with Crippen LogP contribution in [0.1, 0.15) is 34.8 Å². The van der Waals surface area contributed by atoms with Crippen molar-refractivity contribution in [3.05, 3.63) is 53.1 Å². The SMILES string of the molecule is CCC(=O)Nc1nc2ccc(NC(=S)NC(=O)c3ccc(C)c(C)c3)cc2s1. The number of anilines is 2. The molecule has 2 amide bonds. The van der Waals surface area contributed by atoms with Gasteiger partial charge in [0.05, 0.1) is 10.2 Å². The fraction of sp³-hybridized carbons (Fsp3) is 0.200. The third kappa shape index (κ3) is 4.71. The van der Waals surface area contributed by atoms with Gasteiger partial charge in [-0.25, -0.2) is 4.98 Å². The second-order valence-electron chi connectivity index (χ2n) is 6.31. The zero-order valence-electron chi connectivity index (χ0n) is 15.8. The van der Waals surface area contributed by atoms with Gasteiger partial charge in [0.25, 0.3) is 5.91 Å². The van der Waals surface area contributed by atoms with E-state index in [2.05, 4.69) is 20.9 Å². The van der Waals surface area contributed by atoms with E-state index < -0.39 is 0 Å². The molecule has 2 aromatic carbocycles. The summed E-state index contributed by atoms with van der Waals surface area (Å²) in [5, 5.41) is 9.24. The lowest BCUT2D eigenvalue weighted by molar-refractivity contribution is -0.115. The molecule has 0 unspecified atom stereocenters. The number of amides is 2. The molecule has 0 spiro atoms. The number of thiocarbonyl (C=S) groups is 1. The highest BCUT2D eigenvalue weighted by Gasteiger charge is 2.11. The van der Waals surface area contributed by atoms with Gasteiger partial charge < -0.3 is 10.6 Å². The molecule has 0 aliphatic rings. The molecule has 3 N–H and O–H groups in total. The molecule has 0 atom stereocenters. The molecule has 0 bridgehead atoms. The number of nitrogens with one attached hydrogen (secondary N) is 3. The molecule has 144 valence electrons. The molecule has 6 nitrogen and oxygen atoms in total. The Kier molecular flexibility index (Phi) is 6.01. The van der Waals surface area contributed by atoms with Crippen molar-refractivity contribution in [2.24, 2.45) is 0 Å². The Morgan fingerprint density at radius 2 is 1.86 bits per heavy atom. The number of aromatic nitrogens is 1. The van der Waals surface area contributed by atoms with E-state index in [0.29, 0.717) is 17.1 Å². The molecule has 3 rings (SSSR count). The van der Waals surface area contributed by atoms with E-state index in [1.165, 1.54) is 11.3 Å². The molecular formula is C20H20N4O2S2. The summed E-state index contributed by atoms with van der Waals surface area (Å²) in [6.07, 6.45) is 0.400. The second kappa shape index (κ2) is 8.45. The van der Waals surface area contributed by atoms with Crippen molar-refractivity contribution in [3.8, 4) is 0 Å². The van der Waals surface area contributed by atoms with Crippen molar-refractivity contribution in [3.63, 3.8) is 0 Å².